The van der Waals surface area contributed by atoms with Gasteiger partial charge in [-0.05, 0) is 13.0 Å². The molecule has 0 aromatic rings. The lowest BCUT2D eigenvalue weighted by Gasteiger charge is -1.89. The molecular formula is C6H5BrO2. The molecule has 1 rings (SSSR count). The molecule has 0 radical (unpaired) electrons. The molecule has 0 saturated heterocycles. The van der Waals surface area contributed by atoms with Gasteiger partial charge in [0, 0.05) is 10.6 Å². The van der Waals surface area contributed by atoms with Crippen molar-refractivity contribution in [2.24, 2.45) is 0 Å². The number of esters is 1. The van der Waals surface area contributed by atoms with Crippen molar-refractivity contribution in [3.05, 3.63) is 22.4 Å². The van der Waals surface area contributed by atoms with E-state index < -0.39 is 0 Å². The molecule has 1 heterocycles. The number of carbonyl (C=O) groups is 1. The molecular weight excluding hydrogens is 184 g/mol. The Balaban J connectivity index is 2.86. The van der Waals surface area contributed by atoms with E-state index in [0.29, 0.717) is 11.3 Å². The molecule has 3 heteroatoms. The Hall–Kier alpha value is -0.570. The highest BCUT2D eigenvalue weighted by Crippen LogP contribution is 2.16. The van der Waals surface area contributed by atoms with Crippen LogP contribution in [0.25, 0.3) is 0 Å². The fourth-order valence-corrected chi connectivity index (χ4v) is 0.769. The summed E-state index contributed by atoms with van der Waals surface area (Å²) in [6.07, 6.45) is 1.68. The fraction of sp³-hybridized carbons (Fsp3) is 0.167. The predicted octanol–water partition coefficient (Wildman–Crippen LogP) is 1.73. The molecule has 48 valence electrons. The van der Waals surface area contributed by atoms with Crippen LogP contribution in [0.15, 0.2) is 22.4 Å². The Morgan fingerprint density at radius 1 is 1.78 bits per heavy atom. The van der Waals surface area contributed by atoms with Gasteiger partial charge < -0.3 is 4.74 Å². The number of ether oxygens (including phenoxy) is 1. The van der Waals surface area contributed by atoms with Gasteiger partial charge in [-0.2, -0.15) is 0 Å². The predicted molar refractivity (Wildman–Crippen MR) is 36.9 cm³/mol. The highest BCUT2D eigenvalue weighted by Gasteiger charge is 2.15. The molecule has 0 unspecified atom stereocenters. The first kappa shape index (κ1) is 6.55. The summed E-state index contributed by atoms with van der Waals surface area (Å²) in [5.74, 6) is 0.304. The minimum Gasteiger partial charge on any atom is -0.423 e. The van der Waals surface area contributed by atoms with E-state index >= 15 is 0 Å². The van der Waals surface area contributed by atoms with Gasteiger partial charge in [-0.15, -0.1) is 0 Å². The maximum atomic E-state index is 10.6. The van der Waals surface area contributed by atoms with E-state index in [1.54, 1.807) is 18.0 Å². The zero-order valence-corrected chi connectivity index (χ0v) is 6.44. The molecule has 0 N–H and O–H groups in total. The zero-order valence-electron chi connectivity index (χ0n) is 4.85. The molecule has 0 bridgehead atoms. The number of hydrogen-bond donors (Lipinski definition) is 0. The van der Waals surface area contributed by atoms with Crippen LogP contribution in [0.4, 0.5) is 0 Å². The molecule has 0 aromatic heterocycles. The van der Waals surface area contributed by atoms with E-state index in [2.05, 4.69) is 15.9 Å². The van der Waals surface area contributed by atoms with Crippen molar-refractivity contribution in [2.45, 2.75) is 6.92 Å². The third-order valence-electron chi connectivity index (χ3n) is 0.999. The van der Waals surface area contributed by atoms with Gasteiger partial charge >= 0.3 is 5.97 Å². The summed E-state index contributed by atoms with van der Waals surface area (Å²) in [6, 6.07) is 0. The highest BCUT2D eigenvalue weighted by molar-refractivity contribution is 9.11. The zero-order chi connectivity index (χ0) is 6.85. The van der Waals surface area contributed by atoms with Crippen molar-refractivity contribution >= 4 is 21.9 Å². The largest absolute Gasteiger partial charge is 0.423 e. The van der Waals surface area contributed by atoms with Crippen molar-refractivity contribution in [1.82, 2.24) is 0 Å². The lowest BCUT2D eigenvalue weighted by molar-refractivity contribution is -0.133. The number of allylic oxidation sites excluding steroid dienone is 1. The molecule has 0 saturated carbocycles. The van der Waals surface area contributed by atoms with Crippen LogP contribution >= 0.6 is 15.9 Å². The van der Waals surface area contributed by atoms with Crippen molar-refractivity contribution in [2.75, 3.05) is 0 Å². The van der Waals surface area contributed by atoms with E-state index in [1.165, 1.54) is 0 Å². The molecule has 1 aliphatic rings. The number of halogens is 1. The second-order valence-corrected chi connectivity index (χ2v) is 2.19. The van der Waals surface area contributed by atoms with Crippen LogP contribution in [-0.4, -0.2) is 5.97 Å². The maximum Gasteiger partial charge on any atom is 0.339 e. The topological polar surface area (TPSA) is 26.3 Å². The van der Waals surface area contributed by atoms with Crippen LogP contribution in [0.3, 0.4) is 0 Å². The van der Waals surface area contributed by atoms with E-state index in [9.17, 15) is 4.79 Å². The Labute approximate surface area is 61.3 Å². The van der Waals surface area contributed by atoms with Gasteiger partial charge in [-0.25, -0.2) is 4.79 Å². The molecule has 2 nitrogen and oxygen atoms in total. The van der Waals surface area contributed by atoms with Gasteiger partial charge in [0.05, 0.1) is 0 Å². The molecule has 0 amide bonds. The first-order chi connectivity index (χ1) is 4.24. The molecule has 0 aliphatic carbocycles. The Kier molecular flexibility index (Phi) is 1.71. The van der Waals surface area contributed by atoms with Gasteiger partial charge in [-0.1, -0.05) is 15.9 Å². The lowest BCUT2D eigenvalue weighted by atomic mass is 10.3. The third kappa shape index (κ3) is 1.21. The van der Waals surface area contributed by atoms with Crippen LogP contribution in [0.2, 0.25) is 0 Å². The normalized spacial score (nSPS) is 22.2. The molecule has 0 fully saturated rings. The second kappa shape index (κ2) is 2.35. The quantitative estimate of drug-likeness (QED) is 0.542. The van der Waals surface area contributed by atoms with Crippen LogP contribution in [0.5, 0.6) is 0 Å². The number of cyclic esters (lactones) is 1. The SMILES string of the molecule is CC1=C/C(=C/Br)OC1=O. The number of carbonyl (C=O) groups excluding carboxylic acids is 1. The average Bonchev–Trinajstić information content (AvgIpc) is 2.13. The highest BCUT2D eigenvalue weighted by atomic mass is 79.9. The standard InChI is InChI=1S/C6H5BrO2/c1-4-2-5(3-7)9-6(4)8/h2-3H,1H3/b5-3-. The molecule has 1 aliphatic heterocycles. The van der Waals surface area contributed by atoms with Crippen molar-refractivity contribution in [3.63, 3.8) is 0 Å². The van der Waals surface area contributed by atoms with E-state index in [4.69, 9.17) is 4.74 Å². The minimum atomic E-state index is -0.263. The second-order valence-electron chi connectivity index (χ2n) is 1.73. The molecule has 9 heavy (non-hydrogen) atoms. The Bertz CT molecular complexity index is 203. The summed E-state index contributed by atoms with van der Waals surface area (Å²) in [5.41, 5.74) is 0.640. The van der Waals surface area contributed by atoms with Gasteiger partial charge in [0.2, 0.25) is 0 Å². The number of rotatable bonds is 0. The Morgan fingerprint density at radius 2 is 2.44 bits per heavy atom. The van der Waals surface area contributed by atoms with Crippen LogP contribution in [0.1, 0.15) is 6.92 Å². The van der Waals surface area contributed by atoms with Gasteiger partial charge in [0.25, 0.3) is 0 Å². The lowest BCUT2D eigenvalue weighted by Crippen LogP contribution is -1.94. The van der Waals surface area contributed by atoms with Crippen LogP contribution in [0, 0.1) is 0 Å². The minimum absolute atomic E-state index is 0.263. The number of hydrogen-bond acceptors (Lipinski definition) is 2. The fourth-order valence-electron chi connectivity index (χ4n) is 0.543. The van der Waals surface area contributed by atoms with E-state index in [1.807, 2.05) is 0 Å². The van der Waals surface area contributed by atoms with E-state index in [0.717, 1.165) is 0 Å². The molecule has 0 aromatic carbocycles. The third-order valence-corrected chi connectivity index (χ3v) is 1.45. The summed E-state index contributed by atoms with van der Waals surface area (Å²) in [4.78, 5) is 12.2. The summed E-state index contributed by atoms with van der Waals surface area (Å²) < 4.78 is 4.71. The Morgan fingerprint density at radius 3 is 2.67 bits per heavy atom. The summed E-state index contributed by atoms with van der Waals surface area (Å²) in [5, 5.41) is 0. The van der Waals surface area contributed by atoms with Gasteiger partial charge in [0.1, 0.15) is 5.76 Å². The summed E-state index contributed by atoms with van der Waals surface area (Å²) in [7, 11) is 0. The summed E-state index contributed by atoms with van der Waals surface area (Å²) in [6.45, 7) is 1.71. The molecule has 0 spiro atoms. The smallest absolute Gasteiger partial charge is 0.339 e. The summed E-state index contributed by atoms with van der Waals surface area (Å²) >= 11 is 3.05. The van der Waals surface area contributed by atoms with Crippen molar-refractivity contribution < 1.29 is 9.53 Å². The first-order valence-electron chi connectivity index (χ1n) is 2.45. The molecule has 0 atom stereocenters. The average molecular weight is 189 g/mol. The van der Waals surface area contributed by atoms with Crippen LogP contribution in [-0.2, 0) is 9.53 Å². The maximum absolute atomic E-state index is 10.6. The van der Waals surface area contributed by atoms with E-state index in [-0.39, 0.29) is 5.97 Å². The van der Waals surface area contributed by atoms with Crippen LogP contribution < -0.4 is 0 Å². The van der Waals surface area contributed by atoms with Gasteiger partial charge in [0.15, 0.2) is 0 Å². The monoisotopic (exact) mass is 188 g/mol. The van der Waals surface area contributed by atoms with Crippen molar-refractivity contribution in [3.8, 4) is 0 Å². The first-order valence-corrected chi connectivity index (χ1v) is 3.36. The van der Waals surface area contributed by atoms with Gasteiger partial charge in [-0.3, -0.25) is 0 Å². The van der Waals surface area contributed by atoms with Crippen molar-refractivity contribution in [1.29, 1.82) is 0 Å².